The van der Waals surface area contributed by atoms with Gasteiger partial charge in [-0.3, -0.25) is 4.79 Å². The first-order valence-corrected chi connectivity index (χ1v) is 12.2. The molecule has 2 fully saturated rings. The summed E-state index contributed by atoms with van der Waals surface area (Å²) in [4.78, 5) is 49.7. The number of ether oxygens (including phenoxy) is 6. The number of hydrogen-bond donors (Lipinski definition) is 0. The van der Waals surface area contributed by atoms with Gasteiger partial charge in [-0.05, 0) is 36.4 Å². The van der Waals surface area contributed by atoms with E-state index in [1.165, 1.54) is 31.2 Å². The topological polar surface area (TPSA) is 124 Å². The number of para-hydroxylation sites is 2. The van der Waals surface area contributed by atoms with Crippen LogP contribution in [0, 0.1) is 0 Å². The van der Waals surface area contributed by atoms with Gasteiger partial charge in [0.2, 0.25) is 0 Å². The summed E-state index contributed by atoms with van der Waals surface area (Å²) < 4.78 is 33.3. The Morgan fingerprint density at radius 3 is 1.59 bits per heavy atom. The van der Waals surface area contributed by atoms with E-state index in [0.717, 1.165) is 0 Å². The largest absolute Gasteiger partial charge is 0.453 e. The fraction of sp³-hybridized carbons (Fsp3) is 0.241. The molecule has 10 nitrogen and oxygen atoms in total. The molecule has 3 aromatic rings. The molecular weight excluding hydrogens is 508 g/mol. The van der Waals surface area contributed by atoms with E-state index in [-0.39, 0.29) is 35.8 Å². The number of carbonyl (C=O) groups excluding carboxylic acids is 4. The summed E-state index contributed by atoms with van der Waals surface area (Å²) in [7, 11) is 0. The number of rotatable bonds is 7. The molecule has 3 aromatic carbocycles. The van der Waals surface area contributed by atoms with E-state index in [2.05, 4.69) is 0 Å². The minimum absolute atomic E-state index is 0.0190. The summed E-state index contributed by atoms with van der Waals surface area (Å²) in [5.41, 5.74) is 0.482. The molecule has 10 heteroatoms. The molecule has 39 heavy (non-hydrogen) atoms. The Hall–Kier alpha value is -4.54. The van der Waals surface area contributed by atoms with Crippen LogP contribution in [0.25, 0.3) is 0 Å². The van der Waals surface area contributed by atoms with Gasteiger partial charge >= 0.3 is 23.9 Å². The van der Waals surface area contributed by atoms with E-state index < -0.39 is 48.3 Å². The van der Waals surface area contributed by atoms with Gasteiger partial charge in [0, 0.05) is 6.92 Å². The highest BCUT2D eigenvalue weighted by atomic mass is 16.7. The van der Waals surface area contributed by atoms with E-state index >= 15 is 0 Å². The molecule has 0 radical (unpaired) electrons. The van der Waals surface area contributed by atoms with Crippen molar-refractivity contribution >= 4 is 23.9 Å². The van der Waals surface area contributed by atoms with Gasteiger partial charge in [-0.25, -0.2) is 14.4 Å². The second-order valence-corrected chi connectivity index (χ2v) is 8.82. The zero-order valence-corrected chi connectivity index (χ0v) is 20.8. The fourth-order valence-electron chi connectivity index (χ4n) is 4.37. The van der Waals surface area contributed by atoms with Gasteiger partial charge in [0.15, 0.2) is 12.2 Å². The molecule has 0 bridgehead atoms. The molecule has 2 saturated heterocycles. The highest BCUT2D eigenvalue weighted by Crippen LogP contribution is 2.33. The van der Waals surface area contributed by atoms with Crippen LogP contribution in [-0.2, 0) is 23.7 Å². The van der Waals surface area contributed by atoms with Crippen LogP contribution in [-0.4, -0.2) is 61.5 Å². The van der Waals surface area contributed by atoms with Crippen molar-refractivity contribution < 1.29 is 47.6 Å². The van der Waals surface area contributed by atoms with Crippen LogP contribution in [0.15, 0.2) is 78.9 Å². The van der Waals surface area contributed by atoms with Gasteiger partial charge in [-0.15, -0.1) is 0 Å². The fourth-order valence-corrected chi connectivity index (χ4v) is 4.37. The van der Waals surface area contributed by atoms with E-state index in [0.29, 0.717) is 5.56 Å². The van der Waals surface area contributed by atoms with Crippen LogP contribution >= 0.6 is 0 Å². The van der Waals surface area contributed by atoms with Gasteiger partial charge in [0.05, 0.1) is 18.8 Å². The summed E-state index contributed by atoms with van der Waals surface area (Å²) in [5, 5.41) is 0. The lowest BCUT2D eigenvalue weighted by Crippen LogP contribution is -2.36. The first-order valence-electron chi connectivity index (χ1n) is 12.2. The van der Waals surface area contributed by atoms with Crippen LogP contribution in [0.2, 0.25) is 0 Å². The Balaban J connectivity index is 1.22. The monoisotopic (exact) mass is 532 g/mol. The standard InChI is InChI=1S/C29H24O10/c1-17(30)36-21-13-7-5-11-19(21)28(32)38-23-15-34-26-24(16-35-25(23)26)39-29(33)20-12-6-8-14-22(20)37-27(31)18-9-3-2-4-10-18/h2-14,23-26H,15-16H2,1H3/t23-,24+,25+,26+/m0/s1. The Bertz CT molecular complexity index is 1390. The second kappa shape index (κ2) is 11.5. The average Bonchev–Trinajstić information content (AvgIpc) is 3.52. The molecule has 2 heterocycles. The van der Waals surface area contributed by atoms with Gasteiger partial charge in [-0.1, -0.05) is 42.5 Å². The highest BCUT2D eigenvalue weighted by Gasteiger charge is 2.51. The van der Waals surface area contributed by atoms with Gasteiger partial charge in [-0.2, -0.15) is 0 Å². The molecule has 200 valence electrons. The van der Waals surface area contributed by atoms with Gasteiger partial charge in [0.25, 0.3) is 0 Å². The van der Waals surface area contributed by atoms with Crippen molar-refractivity contribution in [3.63, 3.8) is 0 Å². The molecule has 0 spiro atoms. The maximum absolute atomic E-state index is 13.0. The third-order valence-electron chi connectivity index (χ3n) is 6.16. The van der Waals surface area contributed by atoms with E-state index in [1.807, 2.05) is 0 Å². The molecule has 0 aliphatic carbocycles. The lowest BCUT2D eigenvalue weighted by atomic mass is 10.1. The van der Waals surface area contributed by atoms with Gasteiger partial charge in [0.1, 0.15) is 34.8 Å². The molecule has 0 unspecified atom stereocenters. The summed E-state index contributed by atoms with van der Waals surface area (Å²) in [6.07, 6.45) is -2.89. The van der Waals surface area contributed by atoms with Crippen LogP contribution in [0.1, 0.15) is 38.0 Å². The molecular formula is C29H24O10. The van der Waals surface area contributed by atoms with Crippen LogP contribution in [0.4, 0.5) is 0 Å². The molecule has 0 N–H and O–H groups in total. The van der Waals surface area contributed by atoms with Crippen molar-refractivity contribution in [2.45, 2.75) is 31.3 Å². The molecule has 0 aromatic heterocycles. The quantitative estimate of drug-likeness (QED) is 0.330. The number of hydrogen-bond acceptors (Lipinski definition) is 10. The molecule has 0 saturated carbocycles. The average molecular weight is 533 g/mol. The third-order valence-corrected chi connectivity index (χ3v) is 6.16. The van der Waals surface area contributed by atoms with E-state index in [4.69, 9.17) is 28.4 Å². The van der Waals surface area contributed by atoms with Crippen LogP contribution < -0.4 is 9.47 Å². The van der Waals surface area contributed by atoms with Crippen LogP contribution in [0.3, 0.4) is 0 Å². The second-order valence-electron chi connectivity index (χ2n) is 8.82. The zero-order chi connectivity index (χ0) is 27.4. The summed E-state index contributed by atoms with van der Waals surface area (Å²) in [6.45, 7) is 1.28. The van der Waals surface area contributed by atoms with Crippen LogP contribution in [0.5, 0.6) is 11.5 Å². The predicted octanol–water partition coefficient (Wildman–Crippen LogP) is 3.38. The molecule has 0 amide bonds. The Kier molecular flexibility index (Phi) is 7.67. The summed E-state index contributed by atoms with van der Waals surface area (Å²) in [5.74, 6) is -2.48. The lowest BCUT2D eigenvalue weighted by molar-refractivity contribution is -0.131. The maximum atomic E-state index is 13.0. The maximum Gasteiger partial charge on any atom is 0.343 e. The summed E-state index contributed by atoms with van der Waals surface area (Å²) in [6, 6.07) is 20.9. The molecule has 5 rings (SSSR count). The Morgan fingerprint density at radius 1 is 0.615 bits per heavy atom. The molecule has 2 aliphatic rings. The van der Waals surface area contributed by atoms with E-state index in [1.54, 1.807) is 54.6 Å². The van der Waals surface area contributed by atoms with Crippen molar-refractivity contribution in [2.24, 2.45) is 0 Å². The minimum atomic E-state index is -0.780. The molecule has 2 aliphatic heterocycles. The van der Waals surface area contributed by atoms with Crippen molar-refractivity contribution in [3.05, 3.63) is 95.6 Å². The SMILES string of the molecule is CC(=O)Oc1ccccc1C(=O)O[C@H]1CO[C@H]2[C@@H]1OC[C@H]2OC(=O)c1ccccc1OC(=O)c1ccccc1. The van der Waals surface area contributed by atoms with Crippen molar-refractivity contribution in [1.29, 1.82) is 0 Å². The zero-order valence-electron chi connectivity index (χ0n) is 20.8. The number of esters is 4. The van der Waals surface area contributed by atoms with Crippen molar-refractivity contribution in [1.82, 2.24) is 0 Å². The summed E-state index contributed by atoms with van der Waals surface area (Å²) >= 11 is 0. The Labute approximate surface area is 223 Å². The molecule has 4 atom stereocenters. The Morgan fingerprint density at radius 2 is 1.08 bits per heavy atom. The predicted molar refractivity (Wildman–Crippen MR) is 133 cm³/mol. The number of benzene rings is 3. The van der Waals surface area contributed by atoms with Gasteiger partial charge < -0.3 is 28.4 Å². The number of fused-ring (bicyclic) bond motifs is 1. The highest BCUT2D eigenvalue weighted by molar-refractivity contribution is 5.96. The first kappa shape index (κ1) is 26.1. The third kappa shape index (κ3) is 5.82. The van der Waals surface area contributed by atoms with E-state index in [9.17, 15) is 19.2 Å². The minimum Gasteiger partial charge on any atom is -0.453 e. The normalized spacial score (nSPS) is 21.5. The first-order chi connectivity index (χ1) is 18.9. The smallest absolute Gasteiger partial charge is 0.343 e. The van der Waals surface area contributed by atoms with Crippen molar-refractivity contribution in [2.75, 3.05) is 13.2 Å². The lowest BCUT2D eigenvalue weighted by Gasteiger charge is -2.18. The number of carbonyl (C=O) groups is 4. The van der Waals surface area contributed by atoms with Crippen molar-refractivity contribution in [3.8, 4) is 11.5 Å².